The molecule has 13 nitrogen and oxygen atoms in total. The summed E-state index contributed by atoms with van der Waals surface area (Å²) in [6.45, 7) is 12.0. The number of hydrogen-bond acceptors (Lipinski definition) is 9. The normalized spacial score (nSPS) is 14.1. The van der Waals surface area contributed by atoms with Gasteiger partial charge in [-0.1, -0.05) is 57.2 Å². The molecule has 3 aromatic carbocycles. The molecule has 1 atom stereocenters. The average molecular weight is 789 g/mol. The number of amides is 2. The molecule has 6 rings (SSSR count). The molecule has 1 saturated heterocycles. The highest BCUT2D eigenvalue weighted by Gasteiger charge is 2.22. The first-order valence-electron chi connectivity index (χ1n) is 19.5. The standard InChI is InChI=1S/C45H52N6O7/c1-30-22-39(31(2)43(52)50(30)28-32-17-18-38(54-6)35(23-32)26-46)58-29-34-13-8-7-12-33(34)27-47-44(53)48-41-25-40(45(3,4)5)49-51(41)36-14-11-15-37(24-36)55-20-21-57-42-16-9-10-19-56-42/h7-8,11-15,17-18,22-25,42H,9-10,16,19-21,27-29H2,1-6H3,(H2,47,48,53). The van der Waals surface area contributed by atoms with Crippen LogP contribution in [0.4, 0.5) is 10.6 Å². The third-order valence-electron chi connectivity index (χ3n) is 9.94. The predicted molar refractivity (Wildman–Crippen MR) is 221 cm³/mol. The molecule has 2 N–H and O–H groups in total. The molecule has 0 spiro atoms. The van der Waals surface area contributed by atoms with E-state index in [2.05, 4.69) is 37.5 Å². The molecule has 0 radical (unpaired) electrons. The van der Waals surface area contributed by atoms with Crippen molar-refractivity contribution in [3.8, 4) is 29.0 Å². The van der Waals surface area contributed by atoms with Gasteiger partial charge in [0.2, 0.25) is 0 Å². The molecule has 2 amide bonds. The Morgan fingerprint density at radius 3 is 2.52 bits per heavy atom. The third kappa shape index (κ3) is 10.4. The van der Waals surface area contributed by atoms with Gasteiger partial charge in [-0.3, -0.25) is 10.1 Å². The molecule has 2 aromatic heterocycles. The summed E-state index contributed by atoms with van der Waals surface area (Å²) in [5.41, 5.74) is 5.21. The molecular formula is C45H52N6O7. The molecule has 3 heterocycles. The van der Waals surface area contributed by atoms with E-state index >= 15 is 0 Å². The number of nitrogens with zero attached hydrogens (tertiary/aromatic N) is 4. The topological polar surface area (TPSA) is 151 Å². The summed E-state index contributed by atoms with van der Waals surface area (Å²) in [6, 6.07) is 26.0. The Hall–Kier alpha value is -6.10. The largest absolute Gasteiger partial charge is 0.495 e. The van der Waals surface area contributed by atoms with Gasteiger partial charge in [-0.25, -0.2) is 9.48 Å². The van der Waals surface area contributed by atoms with Crippen molar-refractivity contribution in [2.24, 2.45) is 0 Å². The first-order valence-corrected chi connectivity index (χ1v) is 19.5. The lowest BCUT2D eigenvalue weighted by atomic mass is 9.92. The summed E-state index contributed by atoms with van der Waals surface area (Å²) in [7, 11) is 1.52. The van der Waals surface area contributed by atoms with E-state index in [-0.39, 0.29) is 30.4 Å². The molecule has 58 heavy (non-hydrogen) atoms. The smallest absolute Gasteiger partial charge is 0.320 e. The van der Waals surface area contributed by atoms with Gasteiger partial charge in [-0.2, -0.15) is 10.4 Å². The van der Waals surface area contributed by atoms with Crippen LogP contribution in [0.15, 0.2) is 83.7 Å². The molecule has 13 heteroatoms. The Bertz CT molecular complexity index is 2310. The Balaban J connectivity index is 1.09. The minimum absolute atomic E-state index is 0.172. The highest BCUT2D eigenvalue weighted by atomic mass is 16.7. The van der Waals surface area contributed by atoms with Crippen LogP contribution in [0.2, 0.25) is 0 Å². The van der Waals surface area contributed by atoms with Gasteiger partial charge in [-0.05, 0) is 80.1 Å². The van der Waals surface area contributed by atoms with Crippen molar-refractivity contribution in [2.75, 3.05) is 32.2 Å². The maximum absolute atomic E-state index is 13.5. The van der Waals surface area contributed by atoms with Crippen LogP contribution in [-0.4, -0.2) is 53.6 Å². The quantitative estimate of drug-likeness (QED) is 0.102. The van der Waals surface area contributed by atoms with Crippen LogP contribution in [-0.2, 0) is 34.6 Å². The lowest BCUT2D eigenvalue weighted by molar-refractivity contribution is -0.165. The fraction of sp³-hybridized carbons (Fsp3) is 0.378. The van der Waals surface area contributed by atoms with Gasteiger partial charge in [0.05, 0.1) is 42.8 Å². The number of urea groups is 1. The summed E-state index contributed by atoms with van der Waals surface area (Å²) in [5.74, 6) is 2.13. The van der Waals surface area contributed by atoms with Crippen molar-refractivity contribution in [3.05, 3.63) is 128 Å². The fourth-order valence-corrected chi connectivity index (χ4v) is 6.60. The van der Waals surface area contributed by atoms with E-state index in [9.17, 15) is 14.9 Å². The number of carbonyl (C=O) groups excluding carboxylic acids is 1. The number of benzene rings is 3. The second-order valence-corrected chi connectivity index (χ2v) is 15.3. The van der Waals surface area contributed by atoms with E-state index in [0.717, 1.165) is 59.6 Å². The molecule has 1 unspecified atom stereocenters. The number of hydrogen-bond donors (Lipinski definition) is 2. The van der Waals surface area contributed by atoms with E-state index in [1.807, 2.05) is 73.7 Å². The Morgan fingerprint density at radius 1 is 0.966 bits per heavy atom. The van der Waals surface area contributed by atoms with Gasteiger partial charge in [-0.15, -0.1) is 0 Å². The Labute approximate surface area is 339 Å². The van der Waals surface area contributed by atoms with Crippen LogP contribution in [0.1, 0.15) is 79.2 Å². The van der Waals surface area contributed by atoms with Crippen LogP contribution in [0.5, 0.6) is 17.2 Å². The minimum Gasteiger partial charge on any atom is -0.495 e. The Kier molecular flexibility index (Phi) is 13.5. The van der Waals surface area contributed by atoms with Crippen LogP contribution in [0.25, 0.3) is 5.69 Å². The molecule has 5 aromatic rings. The number of methoxy groups -OCH3 is 1. The first kappa shape index (κ1) is 41.5. The van der Waals surface area contributed by atoms with Gasteiger partial charge < -0.3 is 33.6 Å². The third-order valence-corrected chi connectivity index (χ3v) is 9.94. The number of rotatable bonds is 15. The number of aromatic nitrogens is 3. The average Bonchev–Trinajstić information content (AvgIpc) is 3.66. The number of pyridine rings is 1. The Morgan fingerprint density at radius 2 is 1.78 bits per heavy atom. The highest BCUT2D eigenvalue weighted by Crippen LogP contribution is 2.28. The zero-order valence-corrected chi connectivity index (χ0v) is 34.1. The SMILES string of the molecule is COc1ccc(Cn2c(C)cc(OCc3ccccc3CNC(=O)Nc3cc(C(C)(C)C)nn3-c3cccc(OCCOC4CCCCO4)c3)c(C)c2=O)cc1C#N. The van der Waals surface area contributed by atoms with Gasteiger partial charge in [0, 0.05) is 36.4 Å². The maximum Gasteiger partial charge on any atom is 0.320 e. The number of nitrogens with one attached hydrogen (secondary N) is 2. The van der Waals surface area contributed by atoms with Crippen molar-refractivity contribution in [3.63, 3.8) is 0 Å². The summed E-state index contributed by atoms with van der Waals surface area (Å²) in [5, 5.41) is 20.4. The molecule has 1 fully saturated rings. The van der Waals surface area contributed by atoms with Crippen LogP contribution in [0, 0.1) is 25.2 Å². The summed E-state index contributed by atoms with van der Waals surface area (Å²) >= 11 is 0. The van der Waals surface area contributed by atoms with Crippen molar-refractivity contribution in [1.29, 1.82) is 5.26 Å². The van der Waals surface area contributed by atoms with E-state index < -0.39 is 6.03 Å². The minimum atomic E-state index is -0.402. The van der Waals surface area contributed by atoms with Gasteiger partial charge in [0.25, 0.3) is 5.56 Å². The van der Waals surface area contributed by atoms with E-state index in [4.69, 9.17) is 28.8 Å². The molecule has 1 aliphatic rings. The van der Waals surface area contributed by atoms with Crippen molar-refractivity contribution in [1.82, 2.24) is 19.7 Å². The maximum atomic E-state index is 13.5. The van der Waals surface area contributed by atoms with Crippen molar-refractivity contribution < 1.29 is 28.5 Å². The molecule has 0 bridgehead atoms. The molecule has 1 aliphatic heterocycles. The fourth-order valence-electron chi connectivity index (χ4n) is 6.60. The first-order chi connectivity index (χ1) is 27.9. The van der Waals surface area contributed by atoms with Gasteiger partial charge in [0.15, 0.2) is 6.29 Å². The number of carbonyl (C=O) groups is 1. The summed E-state index contributed by atoms with van der Waals surface area (Å²) in [4.78, 5) is 26.9. The number of anilines is 1. The second kappa shape index (κ2) is 18.9. The monoisotopic (exact) mass is 788 g/mol. The second-order valence-electron chi connectivity index (χ2n) is 15.3. The van der Waals surface area contributed by atoms with Crippen molar-refractivity contribution in [2.45, 2.75) is 85.3 Å². The summed E-state index contributed by atoms with van der Waals surface area (Å²) < 4.78 is 32.3. The lowest BCUT2D eigenvalue weighted by Gasteiger charge is -2.22. The number of aryl methyl sites for hydroxylation is 1. The highest BCUT2D eigenvalue weighted by molar-refractivity contribution is 5.88. The van der Waals surface area contributed by atoms with Crippen LogP contribution >= 0.6 is 0 Å². The molecule has 0 aliphatic carbocycles. The predicted octanol–water partition coefficient (Wildman–Crippen LogP) is 7.70. The van der Waals surface area contributed by atoms with Crippen molar-refractivity contribution >= 4 is 11.8 Å². The van der Waals surface area contributed by atoms with E-state index in [1.54, 1.807) is 28.3 Å². The van der Waals surface area contributed by atoms with Gasteiger partial charge >= 0.3 is 6.03 Å². The zero-order chi connectivity index (χ0) is 41.2. The van der Waals surface area contributed by atoms with E-state index in [1.165, 1.54) is 7.11 Å². The number of ether oxygens (including phenoxy) is 5. The van der Waals surface area contributed by atoms with Crippen LogP contribution in [0.3, 0.4) is 0 Å². The lowest BCUT2D eigenvalue weighted by Crippen LogP contribution is -2.29. The molecule has 304 valence electrons. The van der Waals surface area contributed by atoms with Gasteiger partial charge in [0.1, 0.15) is 42.3 Å². The summed E-state index contributed by atoms with van der Waals surface area (Å²) in [6.07, 6.45) is 2.90. The molecular weight excluding hydrogens is 737 g/mol. The molecule has 0 saturated carbocycles. The van der Waals surface area contributed by atoms with E-state index in [0.29, 0.717) is 54.0 Å². The zero-order valence-electron chi connectivity index (χ0n) is 34.1. The number of nitriles is 1. The van der Waals surface area contributed by atoms with Crippen LogP contribution < -0.4 is 30.4 Å².